The minimum atomic E-state index is -0.209. The van der Waals surface area contributed by atoms with Crippen molar-refractivity contribution in [2.24, 2.45) is 5.92 Å². The predicted octanol–water partition coefficient (Wildman–Crippen LogP) is 5.79. The zero-order valence-electron chi connectivity index (χ0n) is 23.1. The molecule has 0 spiro atoms. The third-order valence-electron chi connectivity index (χ3n) is 7.60. The molecule has 7 nitrogen and oxygen atoms in total. The molecule has 2 atom stereocenters. The van der Waals surface area contributed by atoms with Crippen LogP contribution in [0, 0.1) is 19.8 Å². The van der Waals surface area contributed by atoms with Gasteiger partial charge in [0.15, 0.2) is 11.5 Å². The normalized spacial score (nSPS) is 16.5. The Morgan fingerprint density at radius 2 is 1.95 bits per heavy atom. The molecule has 0 saturated heterocycles. The fourth-order valence-corrected chi connectivity index (χ4v) is 6.12. The second-order valence-electron chi connectivity index (χ2n) is 10.5. The van der Waals surface area contributed by atoms with E-state index in [-0.39, 0.29) is 37.1 Å². The highest BCUT2D eigenvalue weighted by atomic mass is 32.1. The van der Waals surface area contributed by atoms with Crippen LogP contribution in [0.3, 0.4) is 0 Å². The fourth-order valence-electron chi connectivity index (χ4n) is 5.20. The lowest BCUT2D eigenvalue weighted by molar-refractivity contribution is -0.135. The van der Waals surface area contributed by atoms with Crippen LogP contribution in [-0.2, 0) is 11.2 Å². The second kappa shape index (κ2) is 11.7. The summed E-state index contributed by atoms with van der Waals surface area (Å²) in [6.45, 7) is 9.91. The molecule has 206 valence electrons. The van der Waals surface area contributed by atoms with Crippen LogP contribution in [-0.4, -0.2) is 54.6 Å². The van der Waals surface area contributed by atoms with E-state index in [1.807, 2.05) is 24.0 Å². The van der Waals surface area contributed by atoms with Crippen LogP contribution < -0.4 is 14.2 Å². The van der Waals surface area contributed by atoms with Gasteiger partial charge in [-0.05, 0) is 73.0 Å². The number of fused-ring (bicyclic) bond motifs is 2. The van der Waals surface area contributed by atoms with E-state index in [9.17, 15) is 9.59 Å². The van der Waals surface area contributed by atoms with Crippen molar-refractivity contribution in [1.29, 1.82) is 0 Å². The molecule has 2 amide bonds. The Kier molecular flexibility index (Phi) is 8.12. The van der Waals surface area contributed by atoms with E-state index in [0.29, 0.717) is 36.8 Å². The first-order chi connectivity index (χ1) is 18.8. The predicted molar refractivity (Wildman–Crippen MR) is 152 cm³/mol. The summed E-state index contributed by atoms with van der Waals surface area (Å²) >= 11 is 1.73. The van der Waals surface area contributed by atoms with E-state index in [1.165, 1.54) is 10.4 Å². The summed E-state index contributed by atoms with van der Waals surface area (Å²) in [6.07, 6.45) is 1.72. The first-order valence-corrected chi connectivity index (χ1v) is 14.5. The second-order valence-corrected chi connectivity index (χ2v) is 11.5. The van der Waals surface area contributed by atoms with Gasteiger partial charge in [0.2, 0.25) is 12.7 Å². The molecule has 3 heterocycles. The highest BCUT2D eigenvalue weighted by Crippen LogP contribution is 2.35. The smallest absolute Gasteiger partial charge is 0.254 e. The molecule has 1 aromatic heterocycles. The lowest BCUT2D eigenvalue weighted by atomic mass is 10.00. The number of aryl methyl sites for hydroxylation is 2. The number of thiophene rings is 1. The van der Waals surface area contributed by atoms with E-state index in [0.717, 1.165) is 29.7 Å². The van der Waals surface area contributed by atoms with Gasteiger partial charge in [-0.3, -0.25) is 9.59 Å². The average molecular weight is 549 g/mol. The summed E-state index contributed by atoms with van der Waals surface area (Å²) in [4.78, 5) is 32.4. The Bertz CT molecular complexity index is 1350. The molecule has 2 aromatic carbocycles. The molecule has 0 saturated carbocycles. The van der Waals surface area contributed by atoms with E-state index in [2.05, 4.69) is 38.3 Å². The molecule has 39 heavy (non-hydrogen) atoms. The minimum absolute atomic E-state index is 0.0111. The summed E-state index contributed by atoms with van der Waals surface area (Å²) in [6, 6.07) is 13.2. The molecule has 8 heteroatoms. The van der Waals surface area contributed by atoms with E-state index < -0.39 is 0 Å². The van der Waals surface area contributed by atoms with Gasteiger partial charge in [-0.25, -0.2) is 0 Å². The first-order valence-electron chi connectivity index (χ1n) is 13.6. The summed E-state index contributed by atoms with van der Waals surface area (Å²) in [5, 5.41) is 2.08. The van der Waals surface area contributed by atoms with Gasteiger partial charge in [0, 0.05) is 23.5 Å². The third kappa shape index (κ3) is 5.91. The maximum absolute atomic E-state index is 13.9. The molecule has 3 aromatic rings. The SMILES string of the molecule is CC[C@H](C)CN(CC(=O)N1CCc2sccc2[C@H]1COc1ccc(C)cc1C)C(=O)c1ccc2c(c1)OCO2. The van der Waals surface area contributed by atoms with Crippen LogP contribution >= 0.6 is 11.3 Å². The van der Waals surface area contributed by atoms with Crippen LogP contribution in [0.1, 0.15) is 58.2 Å². The van der Waals surface area contributed by atoms with Crippen molar-refractivity contribution in [1.82, 2.24) is 9.80 Å². The van der Waals surface area contributed by atoms with E-state index in [4.69, 9.17) is 14.2 Å². The van der Waals surface area contributed by atoms with Gasteiger partial charge >= 0.3 is 0 Å². The molecule has 0 N–H and O–H groups in total. The number of amides is 2. The molecular weight excluding hydrogens is 512 g/mol. The van der Waals surface area contributed by atoms with Crippen molar-refractivity contribution in [3.05, 3.63) is 75.0 Å². The molecule has 0 aliphatic carbocycles. The molecule has 0 fully saturated rings. The number of hydrogen-bond donors (Lipinski definition) is 0. The highest BCUT2D eigenvalue weighted by molar-refractivity contribution is 7.10. The lowest BCUT2D eigenvalue weighted by Gasteiger charge is -2.37. The van der Waals surface area contributed by atoms with E-state index >= 15 is 0 Å². The van der Waals surface area contributed by atoms with Crippen LogP contribution in [0.25, 0.3) is 0 Å². The van der Waals surface area contributed by atoms with Crippen molar-refractivity contribution in [2.75, 3.05) is 33.0 Å². The highest BCUT2D eigenvalue weighted by Gasteiger charge is 2.34. The van der Waals surface area contributed by atoms with Gasteiger partial charge in [0.25, 0.3) is 5.91 Å². The van der Waals surface area contributed by atoms with Gasteiger partial charge in [-0.15, -0.1) is 11.3 Å². The van der Waals surface area contributed by atoms with E-state index in [1.54, 1.807) is 34.4 Å². The van der Waals surface area contributed by atoms with Gasteiger partial charge < -0.3 is 24.0 Å². The maximum atomic E-state index is 13.9. The van der Waals surface area contributed by atoms with Crippen LogP contribution in [0.2, 0.25) is 0 Å². The van der Waals surface area contributed by atoms with Crippen molar-refractivity contribution < 1.29 is 23.8 Å². The van der Waals surface area contributed by atoms with Gasteiger partial charge in [0.05, 0.1) is 6.04 Å². The van der Waals surface area contributed by atoms with Crippen molar-refractivity contribution >= 4 is 23.2 Å². The summed E-state index contributed by atoms with van der Waals surface area (Å²) in [5.41, 5.74) is 3.88. The van der Waals surface area contributed by atoms with Gasteiger partial charge in [-0.2, -0.15) is 0 Å². The van der Waals surface area contributed by atoms with Crippen molar-refractivity contribution in [3.63, 3.8) is 0 Å². The molecular formula is C31H36N2O5S. The summed E-state index contributed by atoms with van der Waals surface area (Å²) in [5.74, 6) is 2.01. The quantitative estimate of drug-likeness (QED) is 0.339. The first kappa shape index (κ1) is 27.1. The zero-order valence-corrected chi connectivity index (χ0v) is 23.9. The van der Waals surface area contributed by atoms with Crippen LogP contribution in [0.15, 0.2) is 47.8 Å². The standard InChI is InChI=1S/C31H36N2O5S/c1-5-20(2)16-32(31(35)23-7-9-27-28(15-23)38-19-37-27)17-30(34)33-12-10-29-24(11-13-39-29)25(33)18-36-26-8-6-21(3)14-22(26)4/h6-9,11,13-15,20,25H,5,10,12,16-19H2,1-4H3/t20-,25+/m0/s1. The fraction of sp³-hybridized carbons (Fsp3) is 0.419. The Hall–Kier alpha value is -3.52. The zero-order chi connectivity index (χ0) is 27.5. The Morgan fingerprint density at radius 1 is 1.13 bits per heavy atom. The summed E-state index contributed by atoms with van der Waals surface area (Å²) < 4.78 is 17.2. The van der Waals surface area contributed by atoms with Crippen LogP contribution in [0.5, 0.6) is 17.2 Å². The maximum Gasteiger partial charge on any atom is 0.254 e. The van der Waals surface area contributed by atoms with Crippen molar-refractivity contribution in [2.45, 2.75) is 46.6 Å². The number of carbonyl (C=O) groups excluding carboxylic acids is 2. The largest absolute Gasteiger partial charge is 0.491 e. The number of hydrogen-bond acceptors (Lipinski definition) is 6. The minimum Gasteiger partial charge on any atom is -0.491 e. The molecule has 0 bridgehead atoms. The Balaban J connectivity index is 1.36. The molecule has 0 radical (unpaired) electrons. The topological polar surface area (TPSA) is 68.3 Å². The summed E-state index contributed by atoms with van der Waals surface area (Å²) in [7, 11) is 0. The lowest BCUT2D eigenvalue weighted by Crippen LogP contribution is -2.48. The number of ether oxygens (including phenoxy) is 3. The van der Waals surface area contributed by atoms with Gasteiger partial charge in [0.1, 0.15) is 18.9 Å². The van der Waals surface area contributed by atoms with Gasteiger partial charge in [-0.1, -0.05) is 38.0 Å². The molecule has 5 rings (SSSR count). The average Bonchev–Trinajstić information content (AvgIpc) is 3.60. The molecule has 2 aliphatic rings. The number of rotatable bonds is 9. The molecule has 2 aliphatic heterocycles. The Labute approximate surface area is 234 Å². The number of benzene rings is 2. The third-order valence-corrected chi connectivity index (χ3v) is 8.60. The molecule has 0 unspecified atom stereocenters. The number of nitrogens with zero attached hydrogens (tertiary/aromatic N) is 2. The Morgan fingerprint density at radius 3 is 2.74 bits per heavy atom. The van der Waals surface area contributed by atoms with Crippen molar-refractivity contribution in [3.8, 4) is 17.2 Å². The van der Waals surface area contributed by atoms with Crippen LogP contribution in [0.4, 0.5) is 0 Å². The number of carbonyl (C=O) groups is 2. The monoisotopic (exact) mass is 548 g/mol.